The number of carbonyl (C=O) groups excluding carboxylic acids is 2. The van der Waals surface area contributed by atoms with Crippen LogP contribution in [0, 0.1) is 35.0 Å². The van der Waals surface area contributed by atoms with E-state index >= 15 is 0 Å². The van der Waals surface area contributed by atoms with Crippen molar-refractivity contribution < 1.29 is 29.6 Å². The zero-order chi connectivity index (χ0) is 28.3. The molecule has 0 unspecified atom stereocenters. The molecule has 1 aromatic rings. The average Bonchev–Trinajstić information content (AvgIpc) is 3.00. The molecule has 1 saturated heterocycles. The molecule has 7 heteroatoms. The number of methoxy groups -OCH3 is 1. The fourth-order valence-corrected chi connectivity index (χ4v) is 7.76. The second kappa shape index (κ2) is 12.6. The van der Waals surface area contributed by atoms with E-state index in [2.05, 4.69) is 17.2 Å². The third-order valence-corrected chi connectivity index (χ3v) is 10.2. The first-order chi connectivity index (χ1) is 19.3. The molecule has 3 fully saturated rings. The molecule has 2 saturated carbocycles. The number of nitrogens with one attached hydrogen (secondary N) is 1. The number of benzene rings is 1. The molecular weight excluding hydrogens is 506 g/mol. The second-order valence-corrected chi connectivity index (χ2v) is 12.7. The van der Waals surface area contributed by atoms with Gasteiger partial charge < -0.3 is 25.4 Å². The van der Waals surface area contributed by atoms with Crippen LogP contribution in [0.25, 0.3) is 0 Å². The topological polar surface area (TPSA) is 116 Å². The molecule has 1 heterocycles. The maximum Gasteiger partial charge on any atom is 0.160 e. The van der Waals surface area contributed by atoms with Crippen LogP contribution in [0.5, 0.6) is 11.5 Å². The molecule has 1 aliphatic heterocycles. The fraction of sp³-hybridized carbons (Fsp3) is 0.697. The summed E-state index contributed by atoms with van der Waals surface area (Å²) >= 11 is 0. The maximum atomic E-state index is 13.7. The summed E-state index contributed by atoms with van der Waals surface area (Å²) < 4.78 is 5.32. The quantitative estimate of drug-likeness (QED) is 0.378. The van der Waals surface area contributed by atoms with Crippen molar-refractivity contribution in [1.82, 2.24) is 5.32 Å². The summed E-state index contributed by atoms with van der Waals surface area (Å²) in [7, 11) is 1.51. The number of ketones is 2. The number of phenolic OH excluding ortho intramolecular Hbond substituents is 1. The van der Waals surface area contributed by atoms with Crippen molar-refractivity contribution in [2.45, 2.75) is 102 Å². The lowest BCUT2D eigenvalue weighted by atomic mass is 9.64. The zero-order valence-electron chi connectivity index (χ0n) is 23.8. The van der Waals surface area contributed by atoms with Crippen molar-refractivity contribution in [3.8, 4) is 23.3 Å². The Morgan fingerprint density at radius 3 is 2.67 bits per heavy atom. The van der Waals surface area contributed by atoms with E-state index in [1.165, 1.54) is 13.5 Å². The van der Waals surface area contributed by atoms with Crippen molar-refractivity contribution in [2.75, 3.05) is 20.3 Å². The van der Waals surface area contributed by atoms with Gasteiger partial charge >= 0.3 is 0 Å². The van der Waals surface area contributed by atoms with Crippen molar-refractivity contribution in [2.24, 2.45) is 23.2 Å². The summed E-state index contributed by atoms with van der Waals surface area (Å²) in [6.45, 7) is 1.01. The summed E-state index contributed by atoms with van der Waals surface area (Å²) in [5, 5.41) is 35.1. The van der Waals surface area contributed by atoms with Gasteiger partial charge in [0.25, 0.3) is 0 Å². The lowest BCUT2D eigenvalue weighted by Crippen LogP contribution is -2.49. The molecule has 1 spiro atoms. The van der Waals surface area contributed by atoms with Crippen LogP contribution in [-0.2, 0) is 16.0 Å². The van der Waals surface area contributed by atoms with Crippen LogP contribution in [0.3, 0.4) is 0 Å². The standard InChI is InChI=1S/C33H45NO6/c1-40-30-17-24-7-9-31(38)33(13-11-23(3-2-14-35)27(24)19-29(30)37)12-10-21(16-32(33)39)4-5-22-15-25-6-8-26(36)18-28(25)34-20-22/h17,19,21-23,25,28,32,34-35,37,39H,2-10,12,14-16,18,20H2,1H3/t21-,22-,23-,25+,28+,32+,33-/m0/s1. The highest BCUT2D eigenvalue weighted by Crippen LogP contribution is 2.45. The number of fused-ring (bicyclic) bond motifs is 2. The summed E-state index contributed by atoms with van der Waals surface area (Å²) in [6, 6.07) is 3.85. The van der Waals surface area contributed by atoms with Gasteiger partial charge in [0.05, 0.1) is 13.2 Å². The molecule has 0 amide bonds. The maximum absolute atomic E-state index is 13.7. The van der Waals surface area contributed by atoms with Gasteiger partial charge in [-0.25, -0.2) is 0 Å². The minimum atomic E-state index is -1.06. The van der Waals surface area contributed by atoms with E-state index in [0.29, 0.717) is 73.9 Å². The first kappa shape index (κ1) is 29.1. The van der Waals surface area contributed by atoms with Crippen LogP contribution < -0.4 is 10.1 Å². The monoisotopic (exact) mass is 551 g/mol. The number of aromatic hydroxyl groups is 1. The Hall–Kier alpha value is -2.40. The van der Waals surface area contributed by atoms with Gasteiger partial charge in [-0.05, 0) is 105 Å². The molecule has 0 bridgehead atoms. The number of hydrogen-bond acceptors (Lipinski definition) is 7. The van der Waals surface area contributed by atoms with Gasteiger partial charge in [0.1, 0.15) is 11.2 Å². The van der Waals surface area contributed by atoms with Crippen LogP contribution in [0.2, 0.25) is 0 Å². The predicted molar refractivity (Wildman–Crippen MR) is 152 cm³/mol. The highest BCUT2D eigenvalue weighted by molar-refractivity contribution is 5.89. The Morgan fingerprint density at radius 1 is 1.07 bits per heavy atom. The van der Waals surface area contributed by atoms with Gasteiger partial charge in [0.15, 0.2) is 17.3 Å². The van der Waals surface area contributed by atoms with Gasteiger partial charge in [0, 0.05) is 37.8 Å². The number of phenols is 1. The molecule has 0 aromatic heterocycles. The number of aryl methyl sites for hydroxylation is 1. The molecule has 0 radical (unpaired) electrons. The van der Waals surface area contributed by atoms with E-state index in [-0.39, 0.29) is 30.5 Å². The van der Waals surface area contributed by atoms with Crippen molar-refractivity contribution in [3.63, 3.8) is 0 Å². The number of hydrogen-bond donors (Lipinski definition) is 4. The molecule has 7 atom stereocenters. The highest BCUT2D eigenvalue weighted by atomic mass is 16.5. The van der Waals surface area contributed by atoms with Gasteiger partial charge in [-0.3, -0.25) is 9.59 Å². The van der Waals surface area contributed by atoms with E-state index in [1.807, 2.05) is 0 Å². The Kier molecular flexibility index (Phi) is 9.19. The summed E-state index contributed by atoms with van der Waals surface area (Å²) in [6.07, 6.45) is 8.92. The number of aliphatic hydroxyl groups excluding tert-OH is 2. The lowest BCUT2D eigenvalue weighted by molar-refractivity contribution is -0.134. The first-order valence-corrected chi connectivity index (χ1v) is 15.3. The number of piperidine rings is 1. The SMILES string of the molecule is COc1cc2c(cc1O)[C@@H](CCCO)C#C[C@@]1(CC[C@H](CC[C@@H]3CN[C@@H]4CC(=O)CC[C@@H]4C3)C[C@H]1O)C(=O)CC2. The van der Waals surface area contributed by atoms with Crippen LogP contribution in [0.15, 0.2) is 12.1 Å². The largest absolute Gasteiger partial charge is 0.504 e. The zero-order valence-corrected chi connectivity index (χ0v) is 23.8. The van der Waals surface area contributed by atoms with Crippen LogP contribution in [0.1, 0.15) is 94.1 Å². The van der Waals surface area contributed by atoms with E-state index in [4.69, 9.17) is 4.74 Å². The van der Waals surface area contributed by atoms with Crippen molar-refractivity contribution in [3.05, 3.63) is 23.3 Å². The van der Waals surface area contributed by atoms with Crippen LogP contribution >= 0.6 is 0 Å². The second-order valence-electron chi connectivity index (χ2n) is 12.7. The molecule has 1 aromatic carbocycles. The molecule has 4 aliphatic rings. The normalized spacial score (nSPS) is 34.1. The molecule has 7 nitrogen and oxygen atoms in total. The van der Waals surface area contributed by atoms with Gasteiger partial charge in [-0.2, -0.15) is 0 Å². The van der Waals surface area contributed by atoms with Gasteiger partial charge in [-0.15, -0.1) is 0 Å². The number of aliphatic hydroxyl groups is 2. The Bertz CT molecular complexity index is 1150. The van der Waals surface area contributed by atoms with Gasteiger partial charge in [-0.1, -0.05) is 18.3 Å². The van der Waals surface area contributed by atoms with E-state index in [0.717, 1.165) is 49.8 Å². The molecule has 4 N–H and O–H groups in total. The van der Waals surface area contributed by atoms with Crippen LogP contribution in [0.4, 0.5) is 0 Å². The third-order valence-electron chi connectivity index (χ3n) is 10.2. The van der Waals surface area contributed by atoms with Gasteiger partial charge in [0.2, 0.25) is 0 Å². The van der Waals surface area contributed by atoms with Crippen molar-refractivity contribution in [1.29, 1.82) is 0 Å². The van der Waals surface area contributed by atoms with Crippen molar-refractivity contribution >= 4 is 11.6 Å². The minimum absolute atomic E-state index is 0.00104. The summed E-state index contributed by atoms with van der Waals surface area (Å²) in [5.74, 6) is 8.78. The molecule has 3 aliphatic carbocycles. The fourth-order valence-electron chi connectivity index (χ4n) is 7.76. The average molecular weight is 552 g/mol. The third kappa shape index (κ3) is 6.10. The van der Waals surface area contributed by atoms with E-state index < -0.39 is 11.5 Å². The molecule has 40 heavy (non-hydrogen) atoms. The number of ether oxygens (including phenoxy) is 1. The summed E-state index contributed by atoms with van der Waals surface area (Å²) in [5.41, 5.74) is 0.736. The number of rotatable bonds is 7. The highest BCUT2D eigenvalue weighted by Gasteiger charge is 2.47. The van der Waals surface area contributed by atoms with Crippen LogP contribution in [-0.4, -0.2) is 59.3 Å². The smallest absolute Gasteiger partial charge is 0.160 e. The first-order valence-electron chi connectivity index (χ1n) is 15.3. The molecular formula is C33H45NO6. The Morgan fingerprint density at radius 2 is 1.90 bits per heavy atom. The number of carbonyl (C=O) groups is 2. The Balaban J connectivity index is 1.27. The summed E-state index contributed by atoms with van der Waals surface area (Å²) in [4.78, 5) is 25.5. The predicted octanol–water partition coefficient (Wildman–Crippen LogP) is 4.05. The van der Waals surface area contributed by atoms with E-state index in [9.17, 15) is 24.9 Å². The van der Waals surface area contributed by atoms with E-state index in [1.54, 1.807) is 12.1 Å². The molecule has 218 valence electrons. The number of Topliss-reactive ketones (excluding diaryl/α,β-unsaturated/α-hetero) is 2. The lowest BCUT2D eigenvalue weighted by Gasteiger charge is -2.42. The minimum Gasteiger partial charge on any atom is -0.504 e. The Labute approximate surface area is 238 Å². The molecule has 5 rings (SSSR count).